The molecule has 1 aromatic carbocycles. The number of amides is 1. The van der Waals surface area contributed by atoms with E-state index in [1.165, 1.54) is 13.3 Å². The van der Waals surface area contributed by atoms with Crippen molar-refractivity contribution >= 4 is 40.9 Å². The third-order valence-electron chi connectivity index (χ3n) is 6.53. The lowest BCUT2D eigenvalue weighted by atomic mass is 9.53. The molecule has 1 aliphatic carbocycles. The van der Waals surface area contributed by atoms with Gasteiger partial charge in [0.05, 0.1) is 13.3 Å². The summed E-state index contributed by atoms with van der Waals surface area (Å²) in [4.78, 5) is 41.3. The van der Waals surface area contributed by atoms with E-state index in [0.29, 0.717) is 33.5 Å². The maximum atomic E-state index is 12.9. The molecule has 0 spiro atoms. The first kappa shape index (κ1) is 26.0. The number of Topliss-reactive ketones (excluding diaryl/α,β-unsaturated/α-hetero) is 1. The van der Waals surface area contributed by atoms with Gasteiger partial charge in [-0.2, -0.15) is 0 Å². The van der Waals surface area contributed by atoms with Crippen LogP contribution in [0, 0.1) is 17.3 Å². The van der Waals surface area contributed by atoms with Crippen LogP contribution in [0.3, 0.4) is 0 Å². The van der Waals surface area contributed by atoms with Crippen LogP contribution in [0.15, 0.2) is 36.5 Å². The second-order valence-corrected chi connectivity index (χ2v) is 9.85. The number of ketones is 1. The highest BCUT2D eigenvalue weighted by Crippen LogP contribution is 2.51. The summed E-state index contributed by atoms with van der Waals surface area (Å²) in [6.45, 7) is 5.52. The average molecular weight is 507 g/mol. The van der Waals surface area contributed by atoms with Crippen molar-refractivity contribution < 1.29 is 23.9 Å². The van der Waals surface area contributed by atoms with Crippen molar-refractivity contribution in [3.63, 3.8) is 0 Å². The number of ether oxygens (including phenoxy) is 2. The van der Waals surface area contributed by atoms with Crippen molar-refractivity contribution in [3.8, 4) is 5.75 Å². The third-order valence-corrected chi connectivity index (χ3v) is 7.24. The number of hydrogen-bond acceptors (Lipinski definition) is 6. The number of aromatic nitrogens is 1. The fourth-order valence-electron chi connectivity index (χ4n) is 4.32. The average Bonchev–Trinajstić information content (AvgIpc) is 2.77. The third kappa shape index (κ3) is 5.70. The molecule has 0 aliphatic heterocycles. The van der Waals surface area contributed by atoms with Gasteiger partial charge in [0.1, 0.15) is 24.2 Å². The van der Waals surface area contributed by atoms with Crippen LogP contribution in [-0.4, -0.2) is 35.8 Å². The summed E-state index contributed by atoms with van der Waals surface area (Å²) in [6, 6.07) is 7.76. The molecule has 1 amide bonds. The van der Waals surface area contributed by atoms with Gasteiger partial charge in [-0.1, -0.05) is 43.1 Å². The lowest BCUT2D eigenvalue weighted by Crippen LogP contribution is -2.57. The Morgan fingerprint density at radius 2 is 1.82 bits per heavy atom. The molecular formula is C25H28Cl2N2O5. The molecule has 7 nitrogen and oxygen atoms in total. The summed E-state index contributed by atoms with van der Waals surface area (Å²) in [5.74, 6) is -0.770. The molecular weight excluding hydrogens is 479 g/mol. The first-order valence-electron chi connectivity index (χ1n) is 10.9. The van der Waals surface area contributed by atoms with Gasteiger partial charge in [-0.25, -0.2) is 4.79 Å². The lowest BCUT2D eigenvalue weighted by Gasteiger charge is -2.50. The maximum Gasteiger partial charge on any atom is 0.328 e. The predicted molar refractivity (Wildman–Crippen MR) is 129 cm³/mol. The van der Waals surface area contributed by atoms with Gasteiger partial charge in [0.2, 0.25) is 5.91 Å². The number of carbonyl (C=O) groups excluding carboxylic acids is 3. The molecule has 1 aliphatic rings. The number of nitrogens with zero attached hydrogens (tertiary/aromatic N) is 1. The lowest BCUT2D eigenvalue weighted by molar-refractivity contribution is -0.153. The summed E-state index contributed by atoms with van der Waals surface area (Å²) < 4.78 is 10.6. The zero-order valence-electron chi connectivity index (χ0n) is 19.6. The molecule has 3 rings (SSSR count). The SMILES string of the molecule is COC(=O)C(Cc1ccc(OCc2c(Cl)cccc2Cl)cn1)NC(=O)C1CC(C(C)=O)C1(C)C. The molecule has 182 valence electrons. The number of esters is 1. The van der Waals surface area contributed by atoms with Gasteiger partial charge in [-0.05, 0) is 43.0 Å². The first-order valence-corrected chi connectivity index (χ1v) is 11.7. The van der Waals surface area contributed by atoms with Gasteiger partial charge < -0.3 is 14.8 Å². The van der Waals surface area contributed by atoms with Crippen LogP contribution in [0.5, 0.6) is 5.75 Å². The van der Waals surface area contributed by atoms with Crippen LogP contribution in [0.2, 0.25) is 10.0 Å². The van der Waals surface area contributed by atoms with Crippen LogP contribution in [-0.2, 0) is 32.1 Å². The highest BCUT2D eigenvalue weighted by molar-refractivity contribution is 6.35. The van der Waals surface area contributed by atoms with E-state index in [2.05, 4.69) is 10.3 Å². The quantitative estimate of drug-likeness (QED) is 0.505. The number of benzene rings is 1. The number of rotatable bonds is 9. The Balaban J connectivity index is 1.62. The Kier molecular flexibility index (Phi) is 8.21. The Hall–Kier alpha value is -2.64. The topological polar surface area (TPSA) is 94.6 Å². The second kappa shape index (κ2) is 10.7. The van der Waals surface area contributed by atoms with Crippen LogP contribution in [0.4, 0.5) is 0 Å². The van der Waals surface area contributed by atoms with Crippen LogP contribution < -0.4 is 10.1 Å². The minimum atomic E-state index is -0.897. The van der Waals surface area contributed by atoms with Gasteiger partial charge in [-0.3, -0.25) is 14.6 Å². The van der Waals surface area contributed by atoms with E-state index in [4.69, 9.17) is 32.7 Å². The highest BCUT2D eigenvalue weighted by atomic mass is 35.5. The summed E-state index contributed by atoms with van der Waals surface area (Å²) >= 11 is 12.3. The molecule has 0 saturated heterocycles. The molecule has 0 radical (unpaired) electrons. The molecule has 1 N–H and O–H groups in total. The number of pyridine rings is 1. The number of methoxy groups -OCH3 is 1. The summed E-state index contributed by atoms with van der Waals surface area (Å²) in [6.07, 6.45) is 2.16. The number of halogens is 2. The number of hydrogen-bond donors (Lipinski definition) is 1. The van der Waals surface area contributed by atoms with Gasteiger partial charge in [-0.15, -0.1) is 0 Å². The van der Waals surface area contributed by atoms with E-state index in [1.54, 1.807) is 37.3 Å². The Labute approximate surface area is 209 Å². The minimum Gasteiger partial charge on any atom is -0.487 e. The van der Waals surface area contributed by atoms with E-state index < -0.39 is 17.4 Å². The van der Waals surface area contributed by atoms with E-state index in [9.17, 15) is 14.4 Å². The standard InChI is InChI=1S/C25H28Cl2N2O5/c1-14(30)18-11-19(25(18,2)3)23(31)29-22(24(32)33-4)10-15-8-9-16(12-28-15)34-13-17-20(26)6-5-7-21(17)27/h5-9,12,18-19,22H,10-11,13H2,1-4H3,(H,29,31). The van der Waals surface area contributed by atoms with E-state index in [0.717, 1.165) is 0 Å². The first-order chi connectivity index (χ1) is 16.0. The molecule has 9 heteroatoms. The fourth-order valence-corrected chi connectivity index (χ4v) is 4.83. The van der Waals surface area contributed by atoms with Gasteiger partial charge in [0, 0.05) is 39.6 Å². The van der Waals surface area contributed by atoms with Gasteiger partial charge in [0.15, 0.2) is 0 Å². The van der Waals surface area contributed by atoms with Crippen molar-refractivity contribution in [1.82, 2.24) is 10.3 Å². The largest absolute Gasteiger partial charge is 0.487 e. The Morgan fingerprint density at radius 3 is 2.35 bits per heavy atom. The van der Waals surface area contributed by atoms with Crippen molar-refractivity contribution in [2.75, 3.05) is 7.11 Å². The molecule has 1 fully saturated rings. The Bertz CT molecular complexity index is 1050. The zero-order valence-corrected chi connectivity index (χ0v) is 21.1. The number of carbonyl (C=O) groups is 3. The van der Waals surface area contributed by atoms with Gasteiger partial charge >= 0.3 is 5.97 Å². The van der Waals surface area contributed by atoms with Crippen molar-refractivity contribution in [2.45, 2.75) is 46.3 Å². The van der Waals surface area contributed by atoms with Crippen LogP contribution in [0.25, 0.3) is 0 Å². The van der Waals surface area contributed by atoms with Crippen molar-refractivity contribution in [2.24, 2.45) is 17.3 Å². The molecule has 1 saturated carbocycles. The van der Waals surface area contributed by atoms with E-state index >= 15 is 0 Å². The summed E-state index contributed by atoms with van der Waals surface area (Å²) in [7, 11) is 1.27. The van der Waals surface area contributed by atoms with E-state index in [1.807, 2.05) is 13.8 Å². The molecule has 3 unspecified atom stereocenters. The zero-order chi connectivity index (χ0) is 25.0. The molecule has 2 aromatic rings. The van der Waals surface area contributed by atoms with Crippen LogP contribution in [0.1, 0.15) is 38.4 Å². The summed E-state index contributed by atoms with van der Waals surface area (Å²) in [5.41, 5.74) is 0.792. The minimum absolute atomic E-state index is 0.0712. The second-order valence-electron chi connectivity index (χ2n) is 9.04. The van der Waals surface area contributed by atoms with Crippen LogP contribution >= 0.6 is 23.2 Å². The fraction of sp³-hybridized carbons (Fsp3) is 0.440. The van der Waals surface area contributed by atoms with Gasteiger partial charge in [0.25, 0.3) is 0 Å². The normalized spacial score (nSPS) is 19.5. The van der Waals surface area contributed by atoms with Crippen molar-refractivity contribution in [3.05, 3.63) is 57.8 Å². The summed E-state index contributed by atoms with van der Waals surface area (Å²) in [5, 5.41) is 3.81. The smallest absolute Gasteiger partial charge is 0.328 e. The monoisotopic (exact) mass is 506 g/mol. The van der Waals surface area contributed by atoms with E-state index in [-0.39, 0.29) is 36.6 Å². The predicted octanol–water partition coefficient (Wildman–Crippen LogP) is 4.42. The Morgan fingerprint density at radius 1 is 1.15 bits per heavy atom. The molecule has 3 atom stereocenters. The molecule has 1 heterocycles. The highest BCUT2D eigenvalue weighted by Gasteiger charge is 2.53. The number of nitrogens with one attached hydrogen (secondary N) is 1. The van der Waals surface area contributed by atoms with Crippen molar-refractivity contribution in [1.29, 1.82) is 0 Å². The molecule has 1 aromatic heterocycles. The molecule has 34 heavy (non-hydrogen) atoms. The maximum absolute atomic E-state index is 12.9. The molecule has 0 bridgehead atoms.